The third-order valence-electron chi connectivity index (χ3n) is 3.58. The van der Waals surface area contributed by atoms with Crippen LogP contribution in [0.3, 0.4) is 0 Å². The molecule has 0 saturated heterocycles. The lowest BCUT2D eigenvalue weighted by atomic mass is 10.2. The second-order valence-corrected chi connectivity index (χ2v) is 5.42. The van der Waals surface area contributed by atoms with Gasteiger partial charge in [0.05, 0.1) is 18.1 Å². The molecule has 0 aliphatic heterocycles. The summed E-state index contributed by atoms with van der Waals surface area (Å²) in [6.07, 6.45) is 0. The van der Waals surface area contributed by atoms with Gasteiger partial charge >= 0.3 is 6.61 Å². The zero-order valence-corrected chi connectivity index (χ0v) is 14.7. The van der Waals surface area contributed by atoms with Gasteiger partial charge in [-0.1, -0.05) is 5.16 Å². The van der Waals surface area contributed by atoms with E-state index in [0.29, 0.717) is 5.56 Å². The van der Waals surface area contributed by atoms with Crippen LogP contribution < -0.4 is 14.2 Å². The molecule has 0 atom stereocenters. The highest BCUT2D eigenvalue weighted by Crippen LogP contribution is 2.32. The van der Waals surface area contributed by atoms with Crippen molar-refractivity contribution < 1.29 is 36.8 Å². The van der Waals surface area contributed by atoms with E-state index in [-0.39, 0.29) is 35.6 Å². The van der Waals surface area contributed by atoms with Crippen molar-refractivity contribution >= 4 is 5.69 Å². The predicted octanol–water partition coefficient (Wildman–Crippen LogP) is 3.97. The molecule has 3 rings (SSSR count). The van der Waals surface area contributed by atoms with Crippen molar-refractivity contribution in [2.24, 2.45) is 0 Å². The molecular weight excluding hydrogens is 399 g/mol. The number of nitro groups is 1. The molecule has 9 nitrogen and oxygen atoms in total. The number of hydrogen-bond donors (Lipinski definition) is 0. The first-order valence-electron chi connectivity index (χ1n) is 7.90. The summed E-state index contributed by atoms with van der Waals surface area (Å²) in [7, 11) is 1.28. The number of methoxy groups -OCH3 is 1. The standard InChI is InChI=1S/C17H12F3N3O6/c1-26-14-6-9(2-4-13(14)28-17(19)20)16-21-15(29-22-16)8-27-12-5-3-10(23(24)25)7-11(12)18/h2-7,17H,8H2,1H3. The maximum Gasteiger partial charge on any atom is 0.387 e. The largest absolute Gasteiger partial charge is 0.493 e. The molecule has 0 radical (unpaired) electrons. The Morgan fingerprint density at radius 2 is 1.93 bits per heavy atom. The fraction of sp³-hybridized carbons (Fsp3) is 0.176. The molecular formula is C17H12F3N3O6. The minimum atomic E-state index is -3.01. The summed E-state index contributed by atoms with van der Waals surface area (Å²) in [6.45, 7) is -3.31. The highest BCUT2D eigenvalue weighted by atomic mass is 19.3. The molecule has 12 heteroatoms. The molecule has 0 saturated carbocycles. The SMILES string of the molecule is COc1cc(-c2noc(COc3ccc([N+](=O)[O-])cc3F)n2)ccc1OC(F)F. The molecule has 3 aromatic rings. The van der Waals surface area contributed by atoms with Crippen molar-refractivity contribution in [1.82, 2.24) is 10.1 Å². The number of ether oxygens (including phenoxy) is 3. The first-order valence-corrected chi connectivity index (χ1v) is 7.90. The lowest BCUT2D eigenvalue weighted by Gasteiger charge is -2.10. The van der Waals surface area contributed by atoms with Crippen molar-refractivity contribution in [2.75, 3.05) is 7.11 Å². The predicted molar refractivity (Wildman–Crippen MR) is 90.3 cm³/mol. The number of rotatable bonds is 8. The van der Waals surface area contributed by atoms with Gasteiger partial charge in [-0.05, 0) is 24.3 Å². The lowest BCUT2D eigenvalue weighted by Crippen LogP contribution is -2.03. The van der Waals surface area contributed by atoms with Crippen LogP contribution in [0.2, 0.25) is 0 Å². The van der Waals surface area contributed by atoms with Crippen LogP contribution in [0.5, 0.6) is 17.2 Å². The minimum Gasteiger partial charge on any atom is -0.493 e. The van der Waals surface area contributed by atoms with Gasteiger partial charge in [0.15, 0.2) is 29.7 Å². The van der Waals surface area contributed by atoms with Crippen LogP contribution in [0, 0.1) is 15.9 Å². The Morgan fingerprint density at radius 3 is 2.59 bits per heavy atom. The topological polar surface area (TPSA) is 110 Å². The Labute approximate surface area is 160 Å². The van der Waals surface area contributed by atoms with Gasteiger partial charge in [0, 0.05) is 11.6 Å². The molecule has 0 unspecified atom stereocenters. The van der Waals surface area contributed by atoms with E-state index < -0.39 is 23.0 Å². The number of benzene rings is 2. The summed E-state index contributed by atoms with van der Waals surface area (Å²) in [5.74, 6) is -1.17. The van der Waals surface area contributed by atoms with E-state index in [1.165, 1.54) is 25.3 Å². The number of hydrogen-bond acceptors (Lipinski definition) is 8. The summed E-state index contributed by atoms with van der Waals surface area (Å²) in [5.41, 5.74) is -0.0249. The molecule has 0 aliphatic rings. The first-order chi connectivity index (χ1) is 13.9. The number of nitrogens with zero attached hydrogens (tertiary/aromatic N) is 3. The average Bonchev–Trinajstić information content (AvgIpc) is 3.15. The monoisotopic (exact) mass is 411 g/mol. The molecule has 0 fully saturated rings. The number of non-ortho nitro benzene ring substituents is 1. The molecule has 0 bridgehead atoms. The molecule has 0 spiro atoms. The number of halogens is 3. The summed E-state index contributed by atoms with van der Waals surface area (Å²) in [4.78, 5) is 13.9. The van der Waals surface area contributed by atoms with Crippen molar-refractivity contribution in [2.45, 2.75) is 13.2 Å². The quantitative estimate of drug-likeness (QED) is 0.405. The Hall–Kier alpha value is -3.83. The van der Waals surface area contributed by atoms with Gasteiger partial charge in [0.25, 0.3) is 11.6 Å². The summed E-state index contributed by atoms with van der Waals surface area (Å²) in [5, 5.41) is 14.3. The molecule has 0 aliphatic carbocycles. The number of alkyl halides is 2. The van der Waals surface area contributed by atoms with Crippen LogP contribution in [0.4, 0.5) is 18.9 Å². The van der Waals surface area contributed by atoms with Crippen molar-refractivity contribution in [3.8, 4) is 28.6 Å². The maximum atomic E-state index is 13.8. The van der Waals surface area contributed by atoms with Crippen LogP contribution in [0.15, 0.2) is 40.9 Å². The fourth-order valence-electron chi connectivity index (χ4n) is 2.29. The van der Waals surface area contributed by atoms with E-state index in [0.717, 1.165) is 18.2 Å². The second kappa shape index (κ2) is 8.46. The van der Waals surface area contributed by atoms with Crippen LogP contribution >= 0.6 is 0 Å². The van der Waals surface area contributed by atoms with Crippen molar-refractivity contribution in [3.63, 3.8) is 0 Å². The van der Waals surface area contributed by atoms with Gasteiger partial charge in [-0.25, -0.2) is 4.39 Å². The van der Waals surface area contributed by atoms with Crippen LogP contribution in [0.25, 0.3) is 11.4 Å². The highest BCUT2D eigenvalue weighted by Gasteiger charge is 2.16. The molecule has 1 heterocycles. The zero-order chi connectivity index (χ0) is 21.0. The van der Waals surface area contributed by atoms with Crippen LogP contribution in [-0.2, 0) is 6.61 Å². The van der Waals surface area contributed by atoms with Gasteiger partial charge in [0.2, 0.25) is 5.82 Å². The summed E-state index contributed by atoms with van der Waals surface area (Å²) >= 11 is 0. The third-order valence-corrected chi connectivity index (χ3v) is 3.58. The summed E-state index contributed by atoms with van der Waals surface area (Å²) < 4.78 is 58.1. The van der Waals surface area contributed by atoms with Gasteiger partial charge in [-0.3, -0.25) is 10.1 Å². The molecule has 152 valence electrons. The molecule has 0 amide bonds. The summed E-state index contributed by atoms with van der Waals surface area (Å²) in [6, 6.07) is 6.99. The van der Waals surface area contributed by atoms with E-state index >= 15 is 0 Å². The van der Waals surface area contributed by atoms with Crippen molar-refractivity contribution in [1.29, 1.82) is 0 Å². The average molecular weight is 411 g/mol. The number of nitro benzene ring substituents is 1. The maximum absolute atomic E-state index is 13.8. The Balaban J connectivity index is 1.72. The number of aromatic nitrogens is 2. The van der Waals surface area contributed by atoms with E-state index in [1.54, 1.807) is 0 Å². The zero-order valence-electron chi connectivity index (χ0n) is 14.7. The highest BCUT2D eigenvalue weighted by molar-refractivity contribution is 5.60. The van der Waals surface area contributed by atoms with E-state index in [9.17, 15) is 23.3 Å². The first kappa shape index (κ1) is 19.9. The fourth-order valence-corrected chi connectivity index (χ4v) is 2.29. The molecule has 0 N–H and O–H groups in total. The minimum absolute atomic E-state index is 0.00961. The normalized spacial score (nSPS) is 10.8. The van der Waals surface area contributed by atoms with E-state index in [1.807, 2.05) is 0 Å². The van der Waals surface area contributed by atoms with Gasteiger partial charge in [-0.15, -0.1) is 0 Å². The van der Waals surface area contributed by atoms with Crippen LogP contribution in [0.1, 0.15) is 5.89 Å². The van der Waals surface area contributed by atoms with Crippen molar-refractivity contribution in [3.05, 3.63) is 58.2 Å². The van der Waals surface area contributed by atoms with Gasteiger partial charge in [0.1, 0.15) is 0 Å². The van der Waals surface area contributed by atoms with Gasteiger partial charge < -0.3 is 18.7 Å². The Morgan fingerprint density at radius 1 is 1.17 bits per heavy atom. The van der Waals surface area contributed by atoms with E-state index in [4.69, 9.17) is 14.0 Å². The van der Waals surface area contributed by atoms with Crippen LogP contribution in [-0.4, -0.2) is 28.8 Å². The van der Waals surface area contributed by atoms with E-state index in [2.05, 4.69) is 14.9 Å². The second-order valence-electron chi connectivity index (χ2n) is 5.42. The lowest BCUT2D eigenvalue weighted by molar-refractivity contribution is -0.385. The Kier molecular flexibility index (Phi) is 5.81. The Bertz CT molecular complexity index is 1030. The van der Waals surface area contributed by atoms with Gasteiger partial charge in [-0.2, -0.15) is 13.8 Å². The third kappa shape index (κ3) is 4.72. The molecule has 1 aromatic heterocycles. The molecule has 29 heavy (non-hydrogen) atoms. The smallest absolute Gasteiger partial charge is 0.387 e. The molecule has 2 aromatic carbocycles.